The summed E-state index contributed by atoms with van der Waals surface area (Å²) in [6.07, 6.45) is 10.7. The highest BCUT2D eigenvalue weighted by atomic mass is 31.2. The van der Waals surface area contributed by atoms with Crippen LogP contribution in [0.25, 0.3) is 0 Å². The summed E-state index contributed by atoms with van der Waals surface area (Å²) in [6.45, 7) is 6.91. The summed E-state index contributed by atoms with van der Waals surface area (Å²) in [7, 11) is -3.52. The molecule has 24 nitrogen and oxygen atoms in total. The fourth-order valence-corrected chi connectivity index (χ4v) is 8.29. The Bertz CT molecular complexity index is 2250. The zero-order chi connectivity index (χ0) is 50.7. The van der Waals surface area contributed by atoms with E-state index < -0.39 is 80.3 Å². The minimum atomic E-state index is -5.13. The van der Waals surface area contributed by atoms with Crippen LogP contribution in [0.5, 0.6) is 5.75 Å². The lowest BCUT2D eigenvalue weighted by Gasteiger charge is -2.28. The van der Waals surface area contributed by atoms with Crippen molar-refractivity contribution in [2.75, 3.05) is 26.9 Å². The molecule has 2 aromatic heterocycles. The molecule has 0 spiro atoms. The normalized spacial score (nSPS) is 16.1. The molecule has 1 aliphatic rings. The van der Waals surface area contributed by atoms with Crippen LogP contribution in [0.15, 0.2) is 54.3 Å². The summed E-state index contributed by atoms with van der Waals surface area (Å²) in [5.74, 6) is -4.24. The predicted molar refractivity (Wildman–Crippen MR) is 249 cm³/mol. The molecule has 6 amide bonds. The number of nitrogens with zero attached hydrogens (tertiary/aromatic N) is 6. The van der Waals surface area contributed by atoms with Crippen molar-refractivity contribution in [3.63, 3.8) is 0 Å². The monoisotopic (exact) mass is 987 g/mol. The van der Waals surface area contributed by atoms with Crippen molar-refractivity contribution in [2.24, 2.45) is 16.8 Å². The van der Waals surface area contributed by atoms with Gasteiger partial charge in [-0.3, -0.25) is 38.0 Å². The summed E-state index contributed by atoms with van der Waals surface area (Å²) in [5.41, 5.74) is 7.66. The zero-order valence-corrected chi connectivity index (χ0v) is 40.5. The van der Waals surface area contributed by atoms with Crippen LogP contribution in [-0.2, 0) is 62.2 Å². The van der Waals surface area contributed by atoms with Crippen LogP contribution in [0.2, 0.25) is 0 Å². The molecule has 1 fully saturated rings. The number of primary amides is 1. The first-order chi connectivity index (χ1) is 32.8. The smallest absolute Gasteiger partial charge is 0.469 e. The van der Waals surface area contributed by atoms with Gasteiger partial charge in [0.1, 0.15) is 42.6 Å². The number of methoxy groups -OCH3 is 1. The number of hydrogen-bond donors (Lipinski definition) is 8. The lowest BCUT2D eigenvalue weighted by molar-refractivity contribution is -0.139. The molecular weight excluding hydrogens is 922 g/mol. The number of aliphatic hydroxyl groups is 1. The van der Waals surface area contributed by atoms with E-state index in [1.807, 2.05) is 48.9 Å². The Labute approximate surface area is 400 Å². The summed E-state index contributed by atoms with van der Waals surface area (Å²) in [6, 6.07) is 0.664. The van der Waals surface area contributed by atoms with Gasteiger partial charge < -0.3 is 60.9 Å². The average molecular weight is 988 g/mol. The van der Waals surface area contributed by atoms with Gasteiger partial charge in [-0.15, -0.1) is 0 Å². The van der Waals surface area contributed by atoms with E-state index in [0.29, 0.717) is 51.2 Å². The molecule has 69 heavy (non-hydrogen) atoms. The molecule has 380 valence electrons. The first kappa shape index (κ1) is 55.4. The van der Waals surface area contributed by atoms with Gasteiger partial charge in [0.25, 0.3) is 0 Å². The van der Waals surface area contributed by atoms with Crippen molar-refractivity contribution >= 4 is 49.5 Å². The van der Waals surface area contributed by atoms with Gasteiger partial charge >= 0.3 is 7.82 Å². The maximum Gasteiger partial charge on any atom is 0.469 e. The zero-order valence-electron chi connectivity index (χ0n) is 39.6. The molecule has 0 bridgehead atoms. The van der Waals surface area contributed by atoms with Gasteiger partial charge in [0, 0.05) is 56.3 Å². The molecule has 1 aliphatic heterocycles. The predicted octanol–water partition coefficient (Wildman–Crippen LogP) is 0.262. The molecule has 0 saturated carbocycles. The number of phosphoric ester groups is 1. The maximum atomic E-state index is 14.1. The second-order valence-electron chi connectivity index (χ2n) is 17.1. The number of ether oxygens (including phenoxy) is 1. The highest BCUT2D eigenvalue weighted by Gasteiger charge is 2.37. The number of aliphatic hydroxyl groups excluding tert-OH is 1. The van der Waals surface area contributed by atoms with Crippen LogP contribution in [0, 0.1) is 5.92 Å². The molecule has 1 aromatic carbocycles. The Morgan fingerprint density at radius 1 is 0.986 bits per heavy atom. The van der Waals surface area contributed by atoms with E-state index in [4.69, 9.17) is 15.3 Å². The largest absolute Gasteiger partial charge is 0.496 e. The van der Waals surface area contributed by atoms with E-state index >= 15 is 0 Å². The second kappa shape index (κ2) is 27.1. The third kappa shape index (κ3) is 18.0. The number of unbranched alkanes of at least 4 members (excludes halogenated alkanes) is 3. The molecule has 4 rings (SSSR count). The van der Waals surface area contributed by atoms with Crippen molar-refractivity contribution in [1.29, 1.82) is 0 Å². The van der Waals surface area contributed by atoms with Gasteiger partial charge in [0.05, 0.1) is 38.9 Å². The SMILES string of the molecule is COc1ccc(/C=N/OCCCCCCn2cncc2C[C@H](NC(=O)[C@H](CC(C)C)NC(=O)[C@@H]2CCCN2C(C)=O)C(=O)N[C@@H](CO)C(=O)N[C@H](C(N)=O)[C@@H](C)OP(=O)(O)O)cc1Cn1cccn1. The number of amides is 6. The summed E-state index contributed by atoms with van der Waals surface area (Å²) < 4.78 is 25.0. The van der Waals surface area contributed by atoms with Gasteiger partial charge in [-0.1, -0.05) is 25.4 Å². The fraction of sp³-hybridized carbons (Fsp3) is 0.568. The number of nitrogens with two attached hydrogens (primary N) is 1. The van der Waals surface area contributed by atoms with Crippen LogP contribution in [0.4, 0.5) is 0 Å². The standard InChI is InChI=1S/C44H66N11O13P/c1-28(2)20-34(50-44(62)37-12-10-18-55(37)30(4)57)41(59)49-35(42(60)51-36(26-56)43(61)52-39(40(45)58)29(3)68-69(63,64)65)22-33-24-46-27-53(33)16-8-6-7-9-19-67-48-23-31-13-14-38(66-5)32(21-31)25-54-17-11-15-47-54/h11,13-15,17,21,23-24,27-29,34-37,39,56H,6-10,12,16,18-20,22,25-26H2,1-5H3,(H2,45,58)(H,49,59)(H,50,62)(H,51,60)(H,52,61)(H2,63,64,65)/b48-23+/t29-,34+,35+,36+,37+,39+/m1/s1. The Morgan fingerprint density at radius 2 is 1.70 bits per heavy atom. The molecule has 0 radical (unpaired) electrons. The highest BCUT2D eigenvalue weighted by molar-refractivity contribution is 7.46. The first-order valence-corrected chi connectivity index (χ1v) is 24.2. The number of aryl methyl sites for hydroxylation is 1. The van der Waals surface area contributed by atoms with E-state index in [0.717, 1.165) is 43.1 Å². The Kier molecular flexibility index (Phi) is 21.8. The van der Waals surface area contributed by atoms with E-state index in [2.05, 4.69) is 41.0 Å². The van der Waals surface area contributed by atoms with E-state index in [9.17, 15) is 48.2 Å². The number of rotatable bonds is 29. The Morgan fingerprint density at radius 3 is 2.35 bits per heavy atom. The van der Waals surface area contributed by atoms with Gasteiger partial charge in [-0.25, -0.2) is 9.55 Å². The van der Waals surface area contributed by atoms with Crippen LogP contribution in [0.3, 0.4) is 0 Å². The molecule has 1 saturated heterocycles. The third-order valence-corrected chi connectivity index (χ3v) is 11.8. The van der Waals surface area contributed by atoms with Crippen LogP contribution in [-0.4, -0.2) is 144 Å². The third-order valence-electron chi connectivity index (χ3n) is 11.2. The number of hydrogen-bond acceptors (Lipinski definition) is 14. The molecular formula is C44H66N11O13P. The highest BCUT2D eigenvalue weighted by Crippen LogP contribution is 2.38. The molecule has 3 aromatic rings. The first-order valence-electron chi connectivity index (χ1n) is 22.7. The number of oxime groups is 1. The number of benzene rings is 1. The topological polar surface area (TPSA) is 333 Å². The molecule has 0 aliphatic carbocycles. The van der Waals surface area contributed by atoms with Crippen LogP contribution < -0.4 is 31.7 Å². The van der Waals surface area contributed by atoms with Gasteiger partial charge in [-0.05, 0) is 81.2 Å². The fourth-order valence-electron chi connectivity index (χ4n) is 7.74. The van der Waals surface area contributed by atoms with Crippen molar-refractivity contribution in [3.05, 3.63) is 66.0 Å². The minimum Gasteiger partial charge on any atom is -0.496 e. The number of phosphoric acid groups is 1. The number of imidazole rings is 1. The van der Waals surface area contributed by atoms with Gasteiger partial charge in [-0.2, -0.15) is 5.10 Å². The van der Waals surface area contributed by atoms with E-state index in [1.54, 1.807) is 30.5 Å². The number of carbonyl (C=O) groups is 6. The molecule has 0 unspecified atom stereocenters. The summed E-state index contributed by atoms with van der Waals surface area (Å²) in [4.78, 5) is 109. The lowest BCUT2D eigenvalue weighted by Crippen LogP contribution is -2.61. The maximum absolute atomic E-state index is 14.1. The minimum absolute atomic E-state index is 0.106. The van der Waals surface area contributed by atoms with Crippen molar-refractivity contribution < 1.29 is 62.3 Å². The van der Waals surface area contributed by atoms with Gasteiger partial charge in [0.2, 0.25) is 35.4 Å². The summed E-state index contributed by atoms with van der Waals surface area (Å²) in [5, 5.41) is 28.6. The Balaban J connectivity index is 1.41. The van der Waals surface area contributed by atoms with Crippen LogP contribution in [0.1, 0.15) is 89.5 Å². The average Bonchev–Trinajstić information content (AvgIpc) is 4.09. The van der Waals surface area contributed by atoms with Crippen molar-refractivity contribution in [2.45, 2.75) is 128 Å². The van der Waals surface area contributed by atoms with Crippen molar-refractivity contribution in [1.82, 2.24) is 45.5 Å². The molecule has 6 atom stereocenters. The molecule has 3 heterocycles. The molecule has 9 N–H and O–H groups in total. The number of aromatic nitrogens is 4. The van der Waals surface area contributed by atoms with E-state index in [1.165, 1.54) is 18.0 Å². The van der Waals surface area contributed by atoms with Gasteiger partial charge in [0.15, 0.2) is 0 Å². The number of carbonyl (C=O) groups excluding carboxylic acids is 6. The molecule has 25 heteroatoms. The number of nitrogens with one attached hydrogen (secondary N) is 4. The summed E-state index contributed by atoms with van der Waals surface area (Å²) >= 11 is 0. The second-order valence-corrected chi connectivity index (χ2v) is 18.3. The number of likely N-dealkylation sites (tertiary alicyclic amines) is 1. The van der Waals surface area contributed by atoms with Crippen molar-refractivity contribution in [3.8, 4) is 5.75 Å². The quantitative estimate of drug-likeness (QED) is 0.0200. The lowest BCUT2D eigenvalue weighted by atomic mass is 10.0. The Hall–Kier alpha value is -6.20. The van der Waals surface area contributed by atoms with Crippen LogP contribution >= 0.6 is 7.82 Å². The van der Waals surface area contributed by atoms with E-state index in [-0.39, 0.29) is 24.7 Å².